The molecule has 1 aromatic carbocycles. The van der Waals surface area contributed by atoms with Crippen molar-refractivity contribution in [2.24, 2.45) is 0 Å². The van der Waals surface area contributed by atoms with Gasteiger partial charge in [0.2, 0.25) is 0 Å². The van der Waals surface area contributed by atoms with Crippen LogP contribution in [0, 0.1) is 0 Å². The molecule has 0 aliphatic heterocycles. The van der Waals surface area contributed by atoms with Crippen LogP contribution in [0.3, 0.4) is 0 Å². The fourth-order valence-electron chi connectivity index (χ4n) is 1.70. The van der Waals surface area contributed by atoms with Crippen molar-refractivity contribution in [1.82, 2.24) is 0 Å². The highest BCUT2D eigenvalue weighted by molar-refractivity contribution is 5.19. The maximum atomic E-state index is 3.81. The maximum Gasteiger partial charge on any atom is -0.0128 e. The molecule has 1 rings (SSSR count). The SMILES string of the molecule is C=CCC(CCC)c1ccccc1. The summed E-state index contributed by atoms with van der Waals surface area (Å²) < 4.78 is 0. The lowest BCUT2D eigenvalue weighted by atomic mass is 9.92. The van der Waals surface area contributed by atoms with Crippen LogP contribution >= 0.6 is 0 Å². The Hall–Kier alpha value is -1.04. The van der Waals surface area contributed by atoms with Gasteiger partial charge in [0.1, 0.15) is 0 Å². The van der Waals surface area contributed by atoms with Crippen molar-refractivity contribution in [1.29, 1.82) is 0 Å². The quantitative estimate of drug-likeness (QED) is 0.588. The minimum atomic E-state index is 0.670. The topological polar surface area (TPSA) is 0 Å². The van der Waals surface area contributed by atoms with E-state index in [1.165, 1.54) is 18.4 Å². The molecule has 0 heteroatoms. The molecule has 0 nitrogen and oxygen atoms in total. The Kier molecular flexibility index (Phi) is 4.31. The normalized spacial score (nSPS) is 12.4. The molecular formula is C13H18. The van der Waals surface area contributed by atoms with Gasteiger partial charge in [-0.1, -0.05) is 49.8 Å². The van der Waals surface area contributed by atoms with Gasteiger partial charge in [-0.15, -0.1) is 6.58 Å². The number of benzene rings is 1. The molecule has 0 N–H and O–H groups in total. The first kappa shape index (κ1) is 10.0. The molecule has 1 aromatic rings. The number of hydrogen-bond donors (Lipinski definition) is 0. The maximum absolute atomic E-state index is 3.81. The van der Waals surface area contributed by atoms with Gasteiger partial charge in [0.05, 0.1) is 0 Å². The number of rotatable bonds is 5. The van der Waals surface area contributed by atoms with Gasteiger partial charge >= 0.3 is 0 Å². The Morgan fingerprint density at radius 3 is 2.54 bits per heavy atom. The molecule has 0 aromatic heterocycles. The summed E-state index contributed by atoms with van der Waals surface area (Å²) in [6, 6.07) is 10.7. The molecule has 0 saturated carbocycles. The number of hydrogen-bond acceptors (Lipinski definition) is 0. The summed E-state index contributed by atoms with van der Waals surface area (Å²) in [5, 5.41) is 0. The molecule has 13 heavy (non-hydrogen) atoms. The van der Waals surface area contributed by atoms with Crippen LogP contribution in [0.4, 0.5) is 0 Å². The summed E-state index contributed by atoms with van der Waals surface area (Å²) >= 11 is 0. The van der Waals surface area contributed by atoms with Crippen LogP contribution in [0.15, 0.2) is 43.0 Å². The first-order valence-corrected chi connectivity index (χ1v) is 5.04. The molecule has 70 valence electrons. The van der Waals surface area contributed by atoms with E-state index in [9.17, 15) is 0 Å². The molecule has 1 atom stereocenters. The molecule has 0 fully saturated rings. The van der Waals surface area contributed by atoms with Crippen LogP contribution < -0.4 is 0 Å². The summed E-state index contributed by atoms with van der Waals surface area (Å²) in [7, 11) is 0. The monoisotopic (exact) mass is 174 g/mol. The molecule has 0 aliphatic rings. The fourth-order valence-corrected chi connectivity index (χ4v) is 1.70. The molecule has 0 amide bonds. The average Bonchev–Trinajstić information content (AvgIpc) is 2.19. The van der Waals surface area contributed by atoms with Gasteiger partial charge in [0.15, 0.2) is 0 Å². The molecule has 0 radical (unpaired) electrons. The van der Waals surface area contributed by atoms with E-state index >= 15 is 0 Å². The van der Waals surface area contributed by atoms with Crippen LogP contribution in [0.1, 0.15) is 37.7 Å². The highest BCUT2D eigenvalue weighted by atomic mass is 14.1. The summed E-state index contributed by atoms with van der Waals surface area (Å²) in [5.41, 5.74) is 1.45. The standard InChI is InChI=1S/C13H18/c1-3-8-12(9-4-2)13-10-6-5-7-11-13/h3,5-7,10-12H,1,4,8-9H2,2H3. The van der Waals surface area contributed by atoms with Crippen LogP contribution in [0.2, 0.25) is 0 Å². The van der Waals surface area contributed by atoms with E-state index in [1.807, 2.05) is 6.08 Å². The predicted octanol–water partition coefficient (Wildman–Crippen LogP) is 4.15. The second-order valence-corrected chi connectivity index (χ2v) is 3.42. The van der Waals surface area contributed by atoms with Crippen molar-refractivity contribution >= 4 is 0 Å². The lowest BCUT2D eigenvalue weighted by Gasteiger charge is -2.13. The summed E-state index contributed by atoms with van der Waals surface area (Å²) in [4.78, 5) is 0. The molecule has 0 spiro atoms. The molecule has 0 bridgehead atoms. The Bertz CT molecular complexity index is 235. The zero-order valence-electron chi connectivity index (χ0n) is 8.37. The van der Waals surface area contributed by atoms with Gasteiger partial charge in [-0.2, -0.15) is 0 Å². The van der Waals surface area contributed by atoms with Crippen LogP contribution in [0.25, 0.3) is 0 Å². The van der Waals surface area contributed by atoms with Crippen molar-refractivity contribution in [2.45, 2.75) is 32.1 Å². The number of allylic oxidation sites excluding steroid dienone is 1. The largest absolute Gasteiger partial charge is 0.103 e. The summed E-state index contributed by atoms with van der Waals surface area (Å²) in [6.07, 6.45) is 5.62. The third-order valence-electron chi connectivity index (χ3n) is 2.36. The van der Waals surface area contributed by atoms with Crippen molar-refractivity contribution in [3.05, 3.63) is 48.6 Å². The van der Waals surface area contributed by atoms with E-state index < -0.39 is 0 Å². The second-order valence-electron chi connectivity index (χ2n) is 3.42. The highest BCUT2D eigenvalue weighted by Gasteiger charge is 2.07. The average molecular weight is 174 g/mol. The van der Waals surface area contributed by atoms with Crippen molar-refractivity contribution in [2.75, 3.05) is 0 Å². The van der Waals surface area contributed by atoms with E-state index in [1.54, 1.807) is 0 Å². The smallest absolute Gasteiger partial charge is 0.0128 e. The Balaban J connectivity index is 2.69. The van der Waals surface area contributed by atoms with E-state index in [4.69, 9.17) is 0 Å². The van der Waals surface area contributed by atoms with Gasteiger partial charge in [0.25, 0.3) is 0 Å². The molecule has 1 unspecified atom stereocenters. The third-order valence-corrected chi connectivity index (χ3v) is 2.36. The van der Waals surface area contributed by atoms with Crippen LogP contribution in [0.5, 0.6) is 0 Å². The minimum absolute atomic E-state index is 0.670. The molecular weight excluding hydrogens is 156 g/mol. The van der Waals surface area contributed by atoms with E-state index in [0.717, 1.165) is 6.42 Å². The second kappa shape index (κ2) is 5.58. The minimum Gasteiger partial charge on any atom is -0.103 e. The first-order valence-electron chi connectivity index (χ1n) is 5.04. The van der Waals surface area contributed by atoms with Crippen molar-refractivity contribution in [3.63, 3.8) is 0 Å². The van der Waals surface area contributed by atoms with Crippen LogP contribution in [-0.4, -0.2) is 0 Å². The van der Waals surface area contributed by atoms with Gasteiger partial charge < -0.3 is 0 Å². The summed E-state index contributed by atoms with van der Waals surface area (Å²) in [5.74, 6) is 0.670. The lowest BCUT2D eigenvalue weighted by Crippen LogP contribution is -1.96. The molecule has 0 saturated heterocycles. The van der Waals surface area contributed by atoms with Gasteiger partial charge in [0, 0.05) is 0 Å². The Labute approximate surface area is 81.3 Å². The molecule has 0 heterocycles. The van der Waals surface area contributed by atoms with Crippen molar-refractivity contribution in [3.8, 4) is 0 Å². The first-order chi connectivity index (χ1) is 6.38. The van der Waals surface area contributed by atoms with Crippen LogP contribution in [-0.2, 0) is 0 Å². The Morgan fingerprint density at radius 1 is 1.31 bits per heavy atom. The van der Waals surface area contributed by atoms with Crippen molar-refractivity contribution < 1.29 is 0 Å². The zero-order valence-corrected chi connectivity index (χ0v) is 8.37. The van der Waals surface area contributed by atoms with E-state index in [-0.39, 0.29) is 0 Å². The van der Waals surface area contributed by atoms with Gasteiger partial charge in [-0.3, -0.25) is 0 Å². The van der Waals surface area contributed by atoms with E-state index in [0.29, 0.717) is 5.92 Å². The zero-order chi connectivity index (χ0) is 9.52. The summed E-state index contributed by atoms with van der Waals surface area (Å²) in [6.45, 7) is 6.04. The van der Waals surface area contributed by atoms with Gasteiger partial charge in [-0.05, 0) is 24.3 Å². The Morgan fingerprint density at radius 2 is 2.00 bits per heavy atom. The van der Waals surface area contributed by atoms with Gasteiger partial charge in [-0.25, -0.2) is 0 Å². The lowest BCUT2D eigenvalue weighted by molar-refractivity contribution is 0.621. The third kappa shape index (κ3) is 3.06. The fraction of sp³-hybridized carbons (Fsp3) is 0.385. The highest BCUT2D eigenvalue weighted by Crippen LogP contribution is 2.24. The van der Waals surface area contributed by atoms with E-state index in [2.05, 4.69) is 43.8 Å². The molecule has 0 aliphatic carbocycles. The predicted molar refractivity (Wildman–Crippen MR) is 58.9 cm³/mol.